The number of rotatable bonds is 2. The molecule has 0 aromatic carbocycles. The van der Waals surface area contributed by atoms with E-state index in [1.54, 1.807) is 0 Å². The van der Waals surface area contributed by atoms with Crippen molar-refractivity contribution in [1.82, 2.24) is 9.80 Å². The van der Waals surface area contributed by atoms with Crippen molar-refractivity contribution in [2.75, 3.05) is 33.7 Å². The van der Waals surface area contributed by atoms with Gasteiger partial charge in [0.05, 0.1) is 6.54 Å². The highest BCUT2D eigenvalue weighted by Crippen LogP contribution is 2.20. The van der Waals surface area contributed by atoms with E-state index in [4.69, 9.17) is 0 Å². The Balaban J connectivity index is 2.29. The summed E-state index contributed by atoms with van der Waals surface area (Å²) >= 11 is 0. The van der Waals surface area contributed by atoms with E-state index in [0.29, 0.717) is 19.1 Å². The fourth-order valence-corrected chi connectivity index (χ4v) is 1.85. The third-order valence-electron chi connectivity index (χ3n) is 2.69. The molecule has 0 amide bonds. The average Bonchev–Trinajstić information content (AvgIpc) is 2.02. The van der Waals surface area contributed by atoms with Crippen LogP contribution in [-0.2, 0) is 0 Å². The number of nitrogens with zero attached hydrogens (tertiary/aromatic N) is 2. The summed E-state index contributed by atoms with van der Waals surface area (Å²) in [5.74, 6) is 0. The lowest BCUT2D eigenvalue weighted by atomic mass is 10.0. The van der Waals surface area contributed by atoms with E-state index in [9.17, 15) is 13.2 Å². The maximum Gasteiger partial charge on any atom is 0.401 e. The molecule has 14 heavy (non-hydrogen) atoms. The normalized spacial score (nSPS) is 21.9. The van der Waals surface area contributed by atoms with Crippen molar-refractivity contribution >= 4 is 0 Å². The van der Waals surface area contributed by atoms with E-state index in [-0.39, 0.29) is 0 Å². The van der Waals surface area contributed by atoms with Crippen molar-refractivity contribution < 1.29 is 13.2 Å². The Kier molecular flexibility index (Phi) is 3.78. The molecule has 0 spiro atoms. The van der Waals surface area contributed by atoms with E-state index in [0.717, 1.165) is 12.8 Å². The van der Waals surface area contributed by atoms with E-state index in [1.807, 2.05) is 14.1 Å². The quantitative estimate of drug-likeness (QED) is 0.682. The van der Waals surface area contributed by atoms with Gasteiger partial charge in [-0.2, -0.15) is 13.2 Å². The fourth-order valence-electron chi connectivity index (χ4n) is 1.85. The molecule has 1 heterocycles. The van der Waals surface area contributed by atoms with Crippen molar-refractivity contribution in [2.24, 2.45) is 0 Å². The van der Waals surface area contributed by atoms with Crippen LogP contribution in [0.1, 0.15) is 12.8 Å². The van der Waals surface area contributed by atoms with E-state index >= 15 is 0 Å². The largest absolute Gasteiger partial charge is 0.401 e. The van der Waals surface area contributed by atoms with Gasteiger partial charge in [-0.25, -0.2) is 0 Å². The lowest BCUT2D eigenvalue weighted by Crippen LogP contribution is -2.45. The van der Waals surface area contributed by atoms with Gasteiger partial charge in [0.15, 0.2) is 0 Å². The minimum absolute atomic E-state index is 0.444. The first-order chi connectivity index (χ1) is 6.38. The van der Waals surface area contributed by atoms with E-state index < -0.39 is 12.7 Å². The monoisotopic (exact) mass is 210 g/mol. The first kappa shape index (κ1) is 11.8. The minimum Gasteiger partial charge on any atom is -0.306 e. The Morgan fingerprint density at radius 1 is 1.21 bits per heavy atom. The van der Waals surface area contributed by atoms with Crippen molar-refractivity contribution in [3.63, 3.8) is 0 Å². The summed E-state index contributed by atoms with van der Waals surface area (Å²) in [4.78, 5) is 3.57. The van der Waals surface area contributed by atoms with Gasteiger partial charge < -0.3 is 4.90 Å². The van der Waals surface area contributed by atoms with Crippen LogP contribution in [0.5, 0.6) is 0 Å². The third kappa shape index (κ3) is 3.84. The maximum atomic E-state index is 12.0. The third-order valence-corrected chi connectivity index (χ3v) is 2.69. The molecule has 0 saturated carbocycles. The highest BCUT2D eigenvalue weighted by Gasteiger charge is 2.32. The molecular formula is C9H17F3N2. The van der Waals surface area contributed by atoms with Crippen LogP contribution in [0.4, 0.5) is 13.2 Å². The van der Waals surface area contributed by atoms with Crippen LogP contribution in [0.3, 0.4) is 0 Å². The Labute approximate surface area is 82.7 Å². The van der Waals surface area contributed by atoms with Crippen molar-refractivity contribution in [2.45, 2.75) is 25.1 Å². The summed E-state index contributed by atoms with van der Waals surface area (Å²) in [5, 5.41) is 0. The highest BCUT2D eigenvalue weighted by molar-refractivity contribution is 4.77. The van der Waals surface area contributed by atoms with Gasteiger partial charge in [-0.05, 0) is 40.0 Å². The Morgan fingerprint density at radius 3 is 2.07 bits per heavy atom. The second-order valence-corrected chi connectivity index (χ2v) is 4.09. The summed E-state index contributed by atoms with van der Waals surface area (Å²) < 4.78 is 36.1. The minimum atomic E-state index is -4.05. The molecule has 1 aliphatic rings. The van der Waals surface area contributed by atoms with E-state index in [2.05, 4.69) is 4.90 Å². The Hall–Kier alpha value is -0.290. The van der Waals surface area contributed by atoms with Crippen molar-refractivity contribution in [3.05, 3.63) is 0 Å². The first-order valence-electron chi connectivity index (χ1n) is 4.84. The van der Waals surface area contributed by atoms with Gasteiger partial charge in [-0.1, -0.05) is 0 Å². The van der Waals surface area contributed by atoms with E-state index in [1.165, 1.54) is 4.90 Å². The van der Waals surface area contributed by atoms with Crippen molar-refractivity contribution in [1.29, 1.82) is 0 Å². The molecule has 0 radical (unpaired) electrons. The fraction of sp³-hybridized carbons (Fsp3) is 1.00. The Bertz CT molecular complexity index is 171. The lowest BCUT2D eigenvalue weighted by Gasteiger charge is -2.35. The summed E-state index contributed by atoms with van der Waals surface area (Å²) in [7, 11) is 3.95. The molecule has 0 aliphatic carbocycles. The van der Waals surface area contributed by atoms with Crippen LogP contribution in [0, 0.1) is 0 Å². The predicted octanol–water partition coefficient (Wildman–Crippen LogP) is 1.57. The summed E-state index contributed by atoms with van der Waals surface area (Å²) in [5.41, 5.74) is 0. The first-order valence-corrected chi connectivity index (χ1v) is 4.84. The van der Waals surface area contributed by atoms with Gasteiger partial charge in [0.1, 0.15) is 0 Å². The predicted molar refractivity (Wildman–Crippen MR) is 49.2 cm³/mol. The van der Waals surface area contributed by atoms with Crippen molar-refractivity contribution in [3.8, 4) is 0 Å². The van der Waals surface area contributed by atoms with Gasteiger partial charge in [-0.15, -0.1) is 0 Å². The molecule has 0 atom stereocenters. The summed E-state index contributed by atoms with van der Waals surface area (Å²) in [6.07, 6.45) is -2.38. The SMILES string of the molecule is CN(C)C1CCN(CC(F)(F)F)CC1. The highest BCUT2D eigenvalue weighted by atomic mass is 19.4. The second kappa shape index (κ2) is 4.49. The number of hydrogen-bond donors (Lipinski definition) is 0. The molecule has 2 nitrogen and oxygen atoms in total. The van der Waals surface area contributed by atoms with Gasteiger partial charge in [0.25, 0.3) is 0 Å². The van der Waals surface area contributed by atoms with Crippen LogP contribution in [0.25, 0.3) is 0 Å². The number of likely N-dealkylation sites (tertiary alicyclic amines) is 1. The maximum absolute atomic E-state index is 12.0. The van der Waals surface area contributed by atoms with Crippen LogP contribution >= 0.6 is 0 Å². The molecule has 1 aliphatic heterocycles. The molecule has 5 heteroatoms. The topological polar surface area (TPSA) is 6.48 Å². The molecular weight excluding hydrogens is 193 g/mol. The lowest BCUT2D eigenvalue weighted by molar-refractivity contribution is -0.148. The zero-order chi connectivity index (χ0) is 10.8. The molecule has 0 bridgehead atoms. The smallest absolute Gasteiger partial charge is 0.306 e. The van der Waals surface area contributed by atoms with Crippen LogP contribution in [0.2, 0.25) is 0 Å². The standard InChI is InChI=1S/C9H17F3N2/c1-13(2)8-3-5-14(6-4-8)7-9(10,11)12/h8H,3-7H2,1-2H3. The van der Waals surface area contributed by atoms with Gasteiger partial charge in [0.2, 0.25) is 0 Å². The molecule has 0 N–H and O–H groups in total. The van der Waals surface area contributed by atoms with Gasteiger partial charge in [0, 0.05) is 6.04 Å². The average molecular weight is 210 g/mol. The molecule has 1 saturated heterocycles. The van der Waals surface area contributed by atoms with Crippen LogP contribution in [0.15, 0.2) is 0 Å². The summed E-state index contributed by atoms with van der Waals surface area (Å²) in [6, 6.07) is 0.444. The molecule has 0 aromatic rings. The molecule has 1 rings (SSSR count). The number of hydrogen-bond acceptors (Lipinski definition) is 2. The zero-order valence-electron chi connectivity index (χ0n) is 8.64. The Morgan fingerprint density at radius 2 is 1.71 bits per heavy atom. The molecule has 0 unspecified atom stereocenters. The van der Waals surface area contributed by atoms with Gasteiger partial charge in [-0.3, -0.25) is 4.90 Å². The number of halogens is 3. The number of alkyl halides is 3. The van der Waals surface area contributed by atoms with Crippen LogP contribution in [-0.4, -0.2) is 55.7 Å². The molecule has 1 fully saturated rings. The zero-order valence-corrected chi connectivity index (χ0v) is 8.64. The van der Waals surface area contributed by atoms with Crippen LogP contribution < -0.4 is 0 Å². The number of piperidine rings is 1. The summed E-state index contributed by atoms with van der Waals surface area (Å²) in [6.45, 7) is 0.359. The second-order valence-electron chi connectivity index (χ2n) is 4.09. The van der Waals surface area contributed by atoms with Gasteiger partial charge >= 0.3 is 6.18 Å². The molecule has 84 valence electrons. The molecule has 0 aromatic heterocycles.